The summed E-state index contributed by atoms with van der Waals surface area (Å²) in [6.07, 6.45) is 2.38. The Bertz CT molecular complexity index is 653. The van der Waals surface area contributed by atoms with Gasteiger partial charge in [0.05, 0.1) is 5.75 Å². The van der Waals surface area contributed by atoms with E-state index in [0.29, 0.717) is 12.6 Å². The Balaban J connectivity index is 1.64. The summed E-state index contributed by atoms with van der Waals surface area (Å²) in [5.41, 5.74) is 1.76. The van der Waals surface area contributed by atoms with Gasteiger partial charge < -0.3 is 4.90 Å². The fourth-order valence-corrected chi connectivity index (χ4v) is 4.30. The summed E-state index contributed by atoms with van der Waals surface area (Å²) < 4.78 is 27.2. The molecule has 1 aromatic carbocycles. The number of carbonyl (C=O) groups excluding carboxylic acids is 1. The Labute approximate surface area is 125 Å². The van der Waals surface area contributed by atoms with Gasteiger partial charge in [0.1, 0.15) is 0 Å². The van der Waals surface area contributed by atoms with Crippen molar-refractivity contribution in [2.24, 2.45) is 0 Å². The van der Waals surface area contributed by atoms with E-state index in [1.807, 2.05) is 36.1 Å². The predicted molar refractivity (Wildman–Crippen MR) is 80.1 cm³/mol. The standard InChI is InChI=1S/C15H20N2O3S/c1-11-4-2-3-5-12(11)10-21(19,20)16-13-8-15(18)17(9-13)14-6-7-14/h2-5,13-14,16H,6-10H2,1H3. The first kappa shape index (κ1) is 14.5. The second kappa shape index (κ2) is 5.42. The van der Waals surface area contributed by atoms with E-state index in [1.54, 1.807) is 0 Å². The number of likely N-dealkylation sites (tertiary alicyclic amines) is 1. The Morgan fingerprint density at radius 2 is 2.00 bits per heavy atom. The smallest absolute Gasteiger partial charge is 0.224 e. The highest BCUT2D eigenvalue weighted by Gasteiger charge is 2.40. The van der Waals surface area contributed by atoms with Crippen LogP contribution in [0.1, 0.15) is 30.4 Å². The van der Waals surface area contributed by atoms with Crippen LogP contribution >= 0.6 is 0 Å². The van der Waals surface area contributed by atoms with Crippen LogP contribution in [0.15, 0.2) is 24.3 Å². The fourth-order valence-electron chi connectivity index (χ4n) is 2.82. The minimum Gasteiger partial charge on any atom is -0.338 e. The maximum Gasteiger partial charge on any atom is 0.224 e. The number of benzene rings is 1. The van der Waals surface area contributed by atoms with Crippen molar-refractivity contribution in [1.29, 1.82) is 0 Å². The number of nitrogens with one attached hydrogen (secondary N) is 1. The Morgan fingerprint density at radius 1 is 1.29 bits per heavy atom. The molecule has 1 amide bonds. The number of sulfonamides is 1. The van der Waals surface area contributed by atoms with Gasteiger partial charge in [0.15, 0.2) is 0 Å². The fraction of sp³-hybridized carbons (Fsp3) is 0.533. The van der Waals surface area contributed by atoms with E-state index in [9.17, 15) is 13.2 Å². The van der Waals surface area contributed by atoms with Crippen molar-refractivity contribution in [2.45, 2.75) is 44.0 Å². The van der Waals surface area contributed by atoms with Crippen LogP contribution in [0.3, 0.4) is 0 Å². The normalized spacial score (nSPS) is 22.8. The molecule has 0 radical (unpaired) electrons. The number of carbonyl (C=O) groups is 1. The zero-order valence-corrected chi connectivity index (χ0v) is 12.9. The van der Waals surface area contributed by atoms with Gasteiger partial charge in [0.25, 0.3) is 0 Å². The SMILES string of the molecule is Cc1ccccc1CS(=O)(=O)NC1CC(=O)N(C2CC2)C1. The zero-order valence-electron chi connectivity index (χ0n) is 12.1. The Hall–Kier alpha value is -1.40. The number of nitrogens with zero attached hydrogens (tertiary/aromatic N) is 1. The topological polar surface area (TPSA) is 66.5 Å². The molecule has 1 heterocycles. The van der Waals surface area contributed by atoms with Gasteiger partial charge >= 0.3 is 0 Å². The van der Waals surface area contributed by atoms with Crippen molar-refractivity contribution < 1.29 is 13.2 Å². The van der Waals surface area contributed by atoms with Crippen LogP contribution in [-0.4, -0.2) is 37.9 Å². The van der Waals surface area contributed by atoms with E-state index >= 15 is 0 Å². The molecule has 3 rings (SSSR count). The largest absolute Gasteiger partial charge is 0.338 e. The molecule has 2 aliphatic rings. The van der Waals surface area contributed by atoms with Crippen LogP contribution in [-0.2, 0) is 20.6 Å². The molecular formula is C15H20N2O3S. The van der Waals surface area contributed by atoms with Crippen LogP contribution in [0.5, 0.6) is 0 Å². The summed E-state index contributed by atoms with van der Waals surface area (Å²) in [5, 5.41) is 0. The molecule has 0 bridgehead atoms. The quantitative estimate of drug-likeness (QED) is 0.888. The minimum absolute atomic E-state index is 0.0339. The molecule has 6 heteroatoms. The molecule has 2 fully saturated rings. The van der Waals surface area contributed by atoms with E-state index in [4.69, 9.17) is 0 Å². The second-order valence-corrected chi connectivity index (χ2v) is 7.74. The first-order valence-corrected chi connectivity index (χ1v) is 8.94. The van der Waals surface area contributed by atoms with Gasteiger partial charge in [-0.25, -0.2) is 13.1 Å². The summed E-state index contributed by atoms with van der Waals surface area (Å²) in [5.74, 6) is 0.0365. The van der Waals surface area contributed by atoms with Crippen molar-refractivity contribution in [3.8, 4) is 0 Å². The highest BCUT2D eigenvalue weighted by Crippen LogP contribution is 2.30. The van der Waals surface area contributed by atoms with Gasteiger partial charge in [-0.2, -0.15) is 0 Å². The van der Waals surface area contributed by atoms with Crippen LogP contribution < -0.4 is 4.72 Å². The molecule has 1 unspecified atom stereocenters. The highest BCUT2D eigenvalue weighted by molar-refractivity contribution is 7.88. The lowest BCUT2D eigenvalue weighted by Crippen LogP contribution is -2.38. The maximum atomic E-state index is 12.3. The first-order valence-electron chi connectivity index (χ1n) is 7.28. The summed E-state index contributed by atoms with van der Waals surface area (Å²) in [7, 11) is -3.42. The molecule has 21 heavy (non-hydrogen) atoms. The Morgan fingerprint density at radius 3 is 2.67 bits per heavy atom. The molecule has 1 atom stereocenters. The third-order valence-electron chi connectivity index (χ3n) is 4.10. The van der Waals surface area contributed by atoms with Crippen LogP contribution in [0.2, 0.25) is 0 Å². The second-order valence-electron chi connectivity index (χ2n) is 5.98. The van der Waals surface area contributed by atoms with Gasteiger partial charge in [0, 0.05) is 25.0 Å². The molecule has 114 valence electrons. The van der Waals surface area contributed by atoms with Crippen LogP contribution in [0.4, 0.5) is 0 Å². The molecule has 1 N–H and O–H groups in total. The number of amides is 1. The summed E-state index contributed by atoms with van der Waals surface area (Å²) in [6, 6.07) is 7.52. The Kier molecular flexibility index (Phi) is 3.75. The van der Waals surface area contributed by atoms with E-state index in [-0.39, 0.29) is 24.1 Å². The van der Waals surface area contributed by atoms with Gasteiger partial charge in [-0.05, 0) is 30.9 Å². The van der Waals surface area contributed by atoms with E-state index in [0.717, 1.165) is 24.0 Å². The lowest BCUT2D eigenvalue weighted by atomic mass is 10.1. The molecule has 1 aromatic rings. The molecule has 5 nitrogen and oxygen atoms in total. The molecular weight excluding hydrogens is 288 g/mol. The molecule has 1 aliphatic heterocycles. The molecule has 0 spiro atoms. The monoisotopic (exact) mass is 308 g/mol. The number of aryl methyl sites for hydroxylation is 1. The molecule has 0 aromatic heterocycles. The van der Waals surface area contributed by atoms with Crippen molar-refractivity contribution in [3.63, 3.8) is 0 Å². The molecule has 1 saturated heterocycles. The summed E-state index contributed by atoms with van der Waals surface area (Å²) in [6.45, 7) is 2.41. The lowest BCUT2D eigenvalue weighted by Gasteiger charge is -2.16. The van der Waals surface area contributed by atoms with Crippen LogP contribution in [0, 0.1) is 6.92 Å². The third-order valence-corrected chi connectivity index (χ3v) is 5.48. The van der Waals surface area contributed by atoms with Crippen molar-refractivity contribution in [3.05, 3.63) is 35.4 Å². The molecule has 1 saturated carbocycles. The number of hydrogen-bond acceptors (Lipinski definition) is 3. The zero-order chi connectivity index (χ0) is 15.0. The first-order chi connectivity index (χ1) is 9.94. The van der Waals surface area contributed by atoms with Crippen molar-refractivity contribution in [1.82, 2.24) is 9.62 Å². The van der Waals surface area contributed by atoms with Gasteiger partial charge in [-0.3, -0.25) is 4.79 Å². The minimum atomic E-state index is -3.42. The molecule has 1 aliphatic carbocycles. The van der Waals surface area contributed by atoms with Crippen molar-refractivity contribution in [2.75, 3.05) is 6.54 Å². The van der Waals surface area contributed by atoms with E-state index in [1.165, 1.54) is 0 Å². The average molecular weight is 308 g/mol. The summed E-state index contributed by atoms with van der Waals surface area (Å²) >= 11 is 0. The van der Waals surface area contributed by atoms with Gasteiger partial charge in [0.2, 0.25) is 15.9 Å². The van der Waals surface area contributed by atoms with Gasteiger partial charge in [-0.1, -0.05) is 24.3 Å². The predicted octanol–water partition coefficient (Wildman–Crippen LogP) is 1.18. The van der Waals surface area contributed by atoms with E-state index in [2.05, 4.69) is 4.72 Å². The van der Waals surface area contributed by atoms with Gasteiger partial charge in [-0.15, -0.1) is 0 Å². The maximum absolute atomic E-state index is 12.3. The average Bonchev–Trinajstić information content (AvgIpc) is 3.17. The highest BCUT2D eigenvalue weighted by atomic mass is 32.2. The lowest BCUT2D eigenvalue weighted by molar-refractivity contribution is -0.128. The number of hydrogen-bond donors (Lipinski definition) is 1. The van der Waals surface area contributed by atoms with E-state index < -0.39 is 10.0 Å². The summed E-state index contributed by atoms with van der Waals surface area (Å²) in [4.78, 5) is 13.7. The van der Waals surface area contributed by atoms with Crippen molar-refractivity contribution >= 4 is 15.9 Å². The van der Waals surface area contributed by atoms with Crippen LogP contribution in [0.25, 0.3) is 0 Å². The number of rotatable bonds is 5. The third kappa shape index (κ3) is 3.44.